The lowest BCUT2D eigenvalue weighted by atomic mass is 9.82. The zero-order valence-corrected chi connectivity index (χ0v) is 34.3. The first-order valence-corrected chi connectivity index (χ1v) is 22.9. The van der Waals surface area contributed by atoms with Crippen molar-refractivity contribution in [3.8, 4) is 5.75 Å². The fourth-order valence-corrected chi connectivity index (χ4v) is 13.4. The quantitative estimate of drug-likeness (QED) is 0.107. The van der Waals surface area contributed by atoms with Crippen molar-refractivity contribution in [1.82, 2.24) is 20.0 Å². The van der Waals surface area contributed by atoms with E-state index in [0.717, 1.165) is 44.7 Å². The minimum absolute atomic E-state index is 0.00196. The fourth-order valence-electron chi connectivity index (χ4n) is 9.18. The van der Waals surface area contributed by atoms with Crippen LogP contribution >= 0.6 is 11.6 Å². The highest BCUT2D eigenvalue weighted by Crippen LogP contribution is 2.60. The Morgan fingerprint density at radius 2 is 1.84 bits per heavy atom. The van der Waals surface area contributed by atoms with E-state index in [4.69, 9.17) is 21.1 Å². The predicted molar refractivity (Wildman–Crippen MR) is 225 cm³/mol. The molecular weight excluding hydrogens is 756 g/mol. The lowest BCUT2D eigenvalue weighted by Crippen LogP contribution is -2.51. The number of aryl methyl sites for hydroxylation is 1. The van der Waals surface area contributed by atoms with Gasteiger partial charge in [-0.2, -0.15) is 0 Å². The summed E-state index contributed by atoms with van der Waals surface area (Å²) in [5.74, 6) is 0.378. The number of carbonyl (C=O) groups is 2. The summed E-state index contributed by atoms with van der Waals surface area (Å²) >= 11 is 6.72. The minimum Gasteiger partial charge on any atom is -0.497 e. The number of aromatic amines is 1. The number of hydrogen-bond donors (Lipinski definition) is 3. The van der Waals surface area contributed by atoms with Crippen LogP contribution in [0.4, 0.5) is 11.4 Å². The van der Waals surface area contributed by atoms with E-state index in [-0.39, 0.29) is 42.4 Å². The molecule has 4 atom stereocenters. The molecule has 2 aromatic heterocycles. The van der Waals surface area contributed by atoms with Gasteiger partial charge in [0.25, 0.3) is 5.91 Å². The molecule has 1 saturated heterocycles. The van der Waals surface area contributed by atoms with Gasteiger partial charge < -0.3 is 29.8 Å². The molecule has 1 spiro atoms. The molecule has 13 heteroatoms. The molecule has 0 bridgehead atoms. The Kier molecular flexibility index (Phi) is 10.5. The number of H-pyrrole nitrogens is 1. The molecule has 0 radical (unpaired) electrons. The molecule has 8 rings (SSSR count). The molecule has 3 N–H and O–H groups in total. The Labute approximate surface area is 338 Å². The van der Waals surface area contributed by atoms with Crippen LogP contribution in [0, 0.1) is 5.92 Å². The molecule has 0 unspecified atom stereocenters. The van der Waals surface area contributed by atoms with Gasteiger partial charge in [0, 0.05) is 65.1 Å². The number of aromatic nitrogens is 4. The standard InChI is InChI=1S/C44H47ClN6O5Si/c1-28-42(57(3,4)35-16-14-34(55-2)15-17-35)40(19-21-50-27-33(20-22-52)48-49-50)56-44(28)37-24-31(45)11-18-39(37)51(43(44)54)26-29-9-12-32(13-10-29)47-41(53)23-30-25-46-38-8-6-5-7-36(30)38/h5-18,24-25,27-28,40,42,46,52H,19-23,26H2,1-4H3,(H,47,53)/t28-,40+,42-,44+/m1/s1. The van der Waals surface area contributed by atoms with E-state index in [1.54, 1.807) is 11.8 Å². The molecule has 2 amide bonds. The lowest BCUT2D eigenvalue weighted by molar-refractivity contribution is -0.146. The number of rotatable bonds is 13. The van der Waals surface area contributed by atoms with Crippen LogP contribution in [-0.2, 0) is 45.9 Å². The minimum atomic E-state index is -2.36. The zero-order chi connectivity index (χ0) is 39.9. The third kappa shape index (κ3) is 7.16. The van der Waals surface area contributed by atoms with E-state index in [0.29, 0.717) is 36.6 Å². The number of aliphatic hydroxyl groups is 1. The molecule has 294 valence electrons. The Balaban J connectivity index is 1.07. The molecule has 57 heavy (non-hydrogen) atoms. The van der Waals surface area contributed by atoms with Crippen LogP contribution in [0.1, 0.15) is 35.7 Å². The van der Waals surface area contributed by atoms with Gasteiger partial charge in [0.15, 0.2) is 5.60 Å². The van der Waals surface area contributed by atoms with Crippen molar-refractivity contribution in [3.05, 3.63) is 131 Å². The molecule has 4 heterocycles. The van der Waals surface area contributed by atoms with Crippen LogP contribution < -0.4 is 20.1 Å². The van der Waals surface area contributed by atoms with E-state index in [1.165, 1.54) is 5.19 Å². The van der Waals surface area contributed by atoms with Gasteiger partial charge in [0.1, 0.15) is 5.75 Å². The number of amides is 2. The van der Waals surface area contributed by atoms with Crippen molar-refractivity contribution in [2.75, 3.05) is 23.9 Å². The zero-order valence-electron chi connectivity index (χ0n) is 32.5. The number of para-hydroxylation sites is 1. The van der Waals surface area contributed by atoms with E-state index in [1.807, 2.05) is 96.2 Å². The van der Waals surface area contributed by atoms with Crippen LogP contribution in [0.5, 0.6) is 5.75 Å². The number of carbonyl (C=O) groups excluding carboxylic acids is 2. The second kappa shape index (κ2) is 15.6. The van der Waals surface area contributed by atoms with Crippen molar-refractivity contribution >= 4 is 59.0 Å². The summed E-state index contributed by atoms with van der Waals surface area (Å²) in [6, 6.07) is 29.5. The number of aliphatic hydroxyl groups excluding tert-OH is 1. The third-order valence-corrected chi connectivity index (χ3v) is 16.6. The van der Waals surface area contributed by atoms with Crippen molar-refractivity contribution in [2.45, 2.75) is 69.6 Å². The summed E-state index contributed by atoms with van der Waals surface area (Å²) in [6.45, 7) is 7.74. The summed E-state index contributed by atoms with van der Waals surface area (Å²) in [6.07, 6.45) is 4.76. The number of ether oxygens (including phenoxy) is 2. The second-order valence-corrected chi connectivity index (χ2v) is 20.8. The molecule has 1 fully saturated rings. The number of benzene rings is 4. The Hall–Kier alpha value is -5.27. The monoisotopic (exact) mass is 802 g/mol. The second-order valence-electron chi connectivity index (χ2n) is 15.7. The molecule has 4 aromatic carbocycles. The van der Waals surface area contributed by atoms with Crippen molar-refractivity contribution in [3.63, 3.8) is 0 Å². The topological polar surface area (TPSA) is 135 Å². The number of anilines is 2. The van der Waals surface area contributed by atoms with Crippen LogP contribution in [0.25, 0.3) is 10.9 Å². The Morgan fingerprint density at radius 3 is 2.60 bits per heavy atom. The van der Waals surface area contributed by atoms with Crippen LogP contribution in [-0.4, -0.2) is 64.8 Å². The van der Waals surface area contributed by atoms with E-state index >= 15 is 4.79 Å². The van der Waals surface area contributed by atoms with Crippen molar-refractivity contribution < 1.29 is 24.2 Å². The summed E-state index contributed by atoms with van der Waals surface area (Å²) in [7, 11) is -0.695. The summed E-state index contributed by atoms with van der Waals surface area (Å²) in [5.41, 5.74) is 4.60. The van der Waals surface area contributed by atoms with Gasteiger partial charge in [-0.25, -0.2) is 0 Å². The maximum absolute atomic E-state index is 15.2. The number of methoxy groups -OCH3 is 1. The number of nitrogens with one attached hydrogen (secondary N) is 2. The summed E-state index contributed by atoms with van der Waals surface area (Å²) < 4.78 is 14.6. The van der Waals surface area contributed by atoms with E-state index < -0.39 is 13.7 Å². The average Bonchev–Trinajstić information content (AvgIpc) is 3.96. The van der Waals surface area contributed by atoms with E-state index in [9.17, 15) is 9.90 Å². The van der Waals surface area contributed by atoms with Gasteiger partial charge in [-0.1, -0.05) is 84.5 Å². The van der Waals surface area contributed by atoms with Gasteiger partial charge in [-0.05, 0) is 71.6 Å². The van der Waals surface area contributed by atoms with E-state index in [2.05, 4.69) is 52.8 Å². The number of hydrogen-bond acceptors (Lipinski definition) is 7. The van der Waals surface area contributed by atoms with Crippen LogP contribution in [0.3, 0.4) is 0 Å². The van der Waals surface area contributed by atoms with Crippen LogP contribution in [0.2, 0.25) is 23.7 Å². The Morgan fingerprint density at radius 1 is 1.07 bits per heavy atom. The highest BCUT2D eigenvalue weighted by atomic mass is 35.5. The highest BCUT2D eigenvalue weighted by Gasteiger charge is 2.66. The Bertz CT molecular complexity index is 2410. The first-order valence-electron chi connectivity index (χ1n) is 19.4. The first-order chi connectivity index (χ1) is 27.5. The summed E-state index contributed by atoms with van der Waals surface area (Å²) in [5, 5.41) is 23.8. The molecule has 11 nitrogen and oxygen atoms in total. The molecule has 0 aliphatic carbocycles. The maximum Gasteiger partial charge on any atom is 0.264 e. The average molecular weight is 803 g/mol. The first kappa shape index (κ1) is 38.6. The molecule has 6 aromatic rings. The molecule has 2 aliphatic rings. The van der Waals surface area contributed by atoms with Gasteiger partial charge in [-0.3, -0.25) is 14.3 Å². The van der Waals surface area contributed by atoms with Crippen molar-refractivity contribution in [1.29, 1.82) is 0 Å². The largest absolute Gasteiger partial charge is 0.497 e. The summed E-state index contributed by atoms with van der Waals surface area (Å²) in [4.78, 5) is 33.3. The van der Waals surface area contributed by atoms with Gasteiger partial charge >= 0.3 is 0 Å². The molecule has 2 aliphatic heterocycles. The van der Waals surface area contributed by atoms with Gasteiger partial charge in [-0.15, -0.1) is 5.10 Å². The van der Waals surface area contributed by atoms with Gasteiger partial charge in [0.05, 0.1) is 45.6 Å². The number of halogens is 1. The molecule has 0 saturated carbocycles. The smallest absolute Gasteiger partial charge is 0.264 e. The maximum atomic E-state index is 15.2. The SMILES string of the molecule is COc1ccc([Si](C)(C)[C@H]2[C@H](CCn3cc(CCO)nn3)O[C@@]3(C(=O)N(Cc4ccc(NC(=O)Cc5c[nH]c6ccccc56)cc4)c4ccc(Cl)cc43)[C@@H]2C)cc1. The van der Waals surface area contributed by atoms with Crippen LogP contribution in [0.15, 0.2) is 103 Å². The third-order valence-electron chi connectivity index (χ3n) is 12.0. The highest BCUT2D eigenvalue weighted by molar-refractivity contribution is 6.91. The number of nitrogens with zero attached hydrogens (tertiary/aromatic N) is 4. The molecular formula is C44H47ClN6O5Si. The van der Waals surface area contributed by atoms with Gasteiger partial charge in [0.2, 0.25) is 5.91 Å². The predicted octanol–water partition coefficient (Wildman–Crippen LogP) is 6.99. The lowest BCUT2D eigenvalue weighted by Gasteiger charge is -2.37. The van der Waals surface area contributed by atoms with Crippen molar-refractivity contribution in [2.24, 2.45) is 5.92 Å². The number of fused-ring (bicyclic) bond motifs is 3. The fraction of sp³-hybridized carbons (Fsp3) is 0.318. The normalized spacial score (nSPS) is 20.4.